The number of hydrogen-bond acceptors (Lipinski definition) is 1. The fourth-order valence-electron chi connectivity index (χ4n) is 4.16. The summed E-state index contributed by atoms with van der Waals surface area (Å²) in [4.78, 5) is 6.93. The number of rotatable bonds is 24. The molecule has 0 amide bonds. The lowest BCUT2D eigenvalue weighted by Gasteiger charge is -2.03. The lowest BCUT2D eigenvalue weighted by atomic mass is 10.0. The van der Waals surface area contributed by atoms with Gasteiger partial charge in [-0.3, -0.25) is 0 Å². The van der Waals surface area contributed by atoms with Gasteiger partial charge in [-0.2, -0.15) is 0 Å². The van der Waals surface area contributed by atoms with Crippen LogP contribution < -0.4 is 0 Å². The maximum Gasteiger partial charge on any atom is 0.109 e. The molecule has 204 valence electrons. The van der Waals surface area contributed by atoms with Gasteiger partial charge in [-0.25, -0.2) is 4.98 Å². The van der Waals surface area contributed by atoms with Crippen molar-refractivity contribution in [3.8, 4) is 0 Å². The molecule has 0 saturated heterocycles. The number of allylic oxidation sites excluding steroid dienone is 4. The van der Waals surface area contributed by atoms with E-state index in [0.29, 0.717) is 0 Å². The zero-order chi connectivity index (χ0) is 24.8. The molecule has 1 aromatic heterocycles. The van der Waals surface area contributed by atoms with E-state index in [1.165, 1.54) is 128 Å². The Morgan fingerprint density at radius 1 is 0.629 bits per heavy atom. The van der Waals surface area contributed by atoms with Gasteiger partial charge in [0.2, 0.25) is 0 Å². The molecule has 0 spiro atoms. The predicted molar refractivity (Wildman–Crippen MR) is 170 cm³/mol. The van der Waals surface area contributed by atoms with Crippen LogP contribution in [-0.2, 0) is 6.42 Å². The van der Waals surface area contributed by atoms with Crippen molar-refractivity contribution >= 4 is 24.0 Å². The first-order chi connectivity index (χ1) is 16.8. The number of hydrogen-bond donors (Lipinski definition) is 1. The SMILES string of the molecule is C=CCCC=CCCCCCCCCCCCCCCCCCCCC.C=CCc1ncc[nH]1.I. The maximum absolute atomic E-state index is 3.98. The molecule has 0 atom stereocenters. The standard InChI is InChI=1S/C26H50.C6H8N2.HI/c1-3-5-7-9-11-13-15-17-19-21-23-25-26-24-22-20-18-16-14-12-10-8-6-4-2;1-2-3-6-7-4-5-8-6;/h3,9,11H,1,4-8,10,12-26H2,2H3;2,4-5H,1,3H2,(H,7,8);1H. The van der Waals surface area contributed by atoms with E-state index in [2.05, 4.69) is 42.2 Å². The number of aromatic nitrogens is 2. The molecular weight excluding hydrogens is 539 g/mol. The van der Waals surface area contributed by atoms with Crippen molar-refractivity contribution in [2.75, 3.05) is 0 Å². The van der Waals surface area contributed by atoms with Crippen LogP contribution in [0.15, 0.2) is 49.9 Å². The largest absolute Gasteiger partial charge is 0.348 e. The first kappa shape index (κ1) is 36.3. The molecule has 0 unspecified atom stereocenters. The molecule has 0 radical (unpaired) electrons. The van der Waals surface area contributed by atoms with Crippen LogP contribution in [0.2, 0.25) is 0 Å². The van der Waals surface area contributed by atoms with Crippen molar-refractivity contribution in [1.29, 1.82) is 0 Å². The second-order valence-corrected chi connectivity index (χ2v) is 9.67. The highest BCUT2D eigenvalue weighted by molar-refractivity contribution is 14.0. The molecule has 1 rings (SSSR count). The normalized spacial score (nSPS) is 10.5. The summed E-state index contributed by atoms with van der Waals surface area (Å²) >= 11 is 0. The van der Waals surface area contributed by atoms with Crippen LogP contribution >= 0.6 is 24.0 Å². The second kappa shape index (κ2) is 33.2. The Morgan fingerprint density at radius 3 is 1.49 bits per heavy atom. The average Bonchev–Trinajstić information content (AvgIpc) is 3.36. The van der Waals surface area contributed by atoms with Gasteiger partial charge < -0.3 is 4.98 Å². The van der Waals surface area contributed by atoms with Gasteiger partial charge in [0, 0.05) is 18.8 Å². The van der Waals surface area contributed by atoms with Crippen molar-refractivity contribution in [3.63, 3.8) is 0 Å². The Hall–Kier alpha value is -0.840. The van der Waals surface area contributed by atoms with Crippen molar-refractivity contribution in [1.82, 2.24) is 9.97 Å². The molecule has 0 aliphatic rings. The Bertz CT molecular complexity index is 536. The fourth-order valence-corrected chi connectivity index (χ4v) is 4.16. The summed E-state index contributed by atoms with van der Waals surface area (Å²) in [6, 6.07) is 0. The molecule has 35 heavy (non-hydrogen) atoms. The van der Waals surface area contributed by atoms with E-state index in [1.54, 1.807) is 12.4 Å². The zero-order valence-corrected chi connectivity index (χ0v) is 25.6. The fraction of sp³-hybridized carbons (Fsp3) is 0.719. The molecule has 1 aromatic rings. The summed E-state index contributed by atoms with van der Waals surface area (Å²) in [7, 11) is 0. The minimum Gasteiger partial charge on any atom is -0.348 e. The first-order valence-electron chi connectivity index (χ1n) is 14.7. The Labute approximate surface area is 237 Å². The Morgan fingerprint density at radius 2 is 1.09 bits per heavy atom. The highest BCUT2D eigenvalue weighted by Gasteiger charge is 1.95. The number of H-pyrrole nitrogens is 1. The van der Waals surface area contributed by atoms with E-state index < -0.39 is 0 Å². The first-order valence-corrected chi connectivity index (χ1v) is 14.7. The van der Waals surface area contributed by atoms with E-state index in [1.807, 2.05) is 12.2 Å². The van der Waals surface area contributed by atoms with E-state index in [9.17, 15) is 0 Å². The van der Waals surface area contributed by atoms with Gasteiger partial charge >= 0.3 is 0 Å². The van der Waals surface area contributed by atoms with Crippen molar-refractivity contribution in [2.24, 2.45) is 0 Å². The topological polar surface area (TPSA) is 28.7 Å². The third kappa shape index (κ3) is 31.1. The summed E-state index contributed by atoms with van der Waals surface area (Å²) in [5, 5.41) is 0. The number of halogens is 1. The number of aromatic amines is 1. The van der Waals surface area contributed by atoms with Crippen molar-refractivity contribution in [2.45, 2.75) is 148 Å². The molecule has 1 N–H and O–H groups in total. The monoisotopic (exact) mass is 598 g/mol. The third-order valence-electron chi connectivity index (χ3n) is 6.32. The molecule has 1 heterocycles. The van der Waals surface area contributed by atoms with Crippen LogP contribution in [0.1, 0.15) is 148 Å². The molecule has 0 aromatic carbocycles. The molecule has 3 heteroatoms. The maximum atomic E-state index is 3.98. The van der Waals surface area contributed by atoms with E-state index in [0.717, 1.165) is 18.7 Å². The molecule has 0 aliphatic carbocycles. The summed E-state index contributed by atoms with van der Waals surface area (Å²) < 4.78 is 0. The highest BCUT2D eigenvalue weighted by atomic mass is 127. The summed E-state index contributed by atoms with van der Waals surface area (Å²) in [6.07, 6.45) is 42.6. The van der Waals surface area contributed by atoms with E-state index in [4.69, 9.17) is 0 Å². The van der Waals surface area contributed by atoms with Gasteiger partial charge in [0.05, 0.1) is 0 Å². The number of nitrogens with zero attached hydrogens (tertiary/aromatic N) is 1. The quantitative estimate of drug-likeness (QED) is 0.0716. The summed E-state index contributed by atoms with van der Waals surface area (Å²) in [5.41, 5.74) is 0. The van der Waals surface area contributed by atoms with Gasteiger partial charge in [-0.15, -0.1) is 37.1 Å². The average molecular weight is 599 g/mol. The van der Waals surface area contributed by atoms with Gasteiger partial charge in [0.1, 0.15) is 5.82 Å². The van der Waals surface area contributed by atoms with Gasteiger partial charge in [0.15, 0.2) is 0 Å². The minimum atomic E-state index is 0. The van der Waals surface area contributed by atoms with Crippen LogP contribution in [0.3, 0.4) is 0 Å². The number of imidazole rings is 1. The van der Waals surface area contributed by atoms with Crippen molar-refractivity contribution in [3.05, 3.63) is 55.7 Å². The molecule has 0 bridgehead atoms. The third-order valence-corrected chi connectivity index (χ3v) is 6.32. The summed E-state index contributed by atoms with van der Waals surface area (Å²) in [5.74, 6) is 0.972. The molecule has 0 saturated carbocycles. The Balaban J connectivity index is 0. The summed E-state index contributed by atoms with van der Waals surface area (Å²) in [6.45, 7) is 9.63. The molecule has 2 nitrogen and oxygen atoms in total. The predicted octanol–water partition coefficient (Wildman–Crippen LogP) is 11.7. The smallest absolute Gasteiger partial charge is 0.109 e. The number of nitrogens with one attached hydrogen (secondary N) is 1. The zero-order valence-electron chi connectivity index (χ0n) is 23.3. The Kier molecular flexibility index (Phi) is 34.4. The molecule has 0 aliphatic heterocycles. The van der Waals surface area contributed by atoms with Crippen LogP contribution in [-0.4, -0.2) is 9.97 Å². The van der Waals surface area contributed by atoms with Crippen LogP contribution in [0.25, 0.3) is 0 Å². The highest BCUT2D eigenvalue weighted by Crippen LogP contribution is 2.14. The number of unbranched alkanes of at least 4 members (excludes halogenated alkanes) is 19. The van der Waals surface area contributed by atoms with Crippen LogP contribution in [0, 0.1) is 0 Å². The van der Waals surface area contributed by atoms with Gasteiger partial charge in [-0.1, -0.05) is 140 Å². The van der Waals surface area contributed by atoms with Crippen molar-refractivity contribution < 1.29 is 0 Å². The lowest BCUT2D eigenvalue weighted by Crippen LogP contribution is -1.84. The second-order valence-electron chi connectivity index (χ2n) is 9.67. The van der Waals surface area contributed by atoms with Gasteiger partial charge in [-0.05, 0) is 25.7 Å². The van der Waals surface area contributed by atoms with E-state index >= 15 is 0 Å². The molecular formula is C32H59IN2. The minimum absolute atomic E-state index is 0. The van der Waals surface area contributed by atoms with Crippen LogP contribution in [0.4, 0.5) is 0 Å². The molecule has 0 fully saturated rings. The van der Waals surface area contributed by atoms with E-state index in [-0.39, 0.29) is 24.0 Å². The lowest BCUT2D eigenvalue weighted by molar-refractivity contribution is 0.525. The van der Waals surface area contributed by atoms with Crippen LogP contribution in [0.5, 0.6) is 0 Å². The van der Waals surface area contributed by atoms with Gasteiger partial charge in [0.25, 0.3) is 0 Å².